The normalized spacial score (nSPS) is 21.3. The van der Waals surface area contributed by atoms with Gasteiger partial charge in [0.1, 0.15) is 5.82 Å². The van der Waals surface area contributed by atoms with Crippen LogP contribution >= 0.6 is 0 Å². The molecule has 1 fully saturated rings. The van der Waals surface area contributed by atoms with Crippen molar-refractivity contribution >= 4 is 11.9 Å². The lowest BCUT2D eigenvalue weighted by atomic mass is 9.82. The van der Waals surface area contributed by atoms with Gasteiger partial charge in [-0.2, -0.15) is 0 Å². The molecule has 3 aromatic rings. The van der Waals surface area contributed by atoms with E-state index < -0.39 is 5.97 Å². The third-order valence-electron chi connectivity index (χ3n) is 7.04. The molecule has 184 valence electrons. The fraction of sp³-hybridized carbons (Fsp3) is 0.267. The molecule has 0 aromatic heterocycles. The maximum Gasteiger partial charge on any atom is 0.330 e. The van der Waals surface area contributed by atoms with Gasteiger partial charge in [0.25, 0.3) is 5.91 Å². The van der Waals surface area contributed by atoms with Gasteiger partial charge >= 0.3 is 5.97 Å². The number of esters is 1. The average Bonchev–Trinajstić information content (AvgIpc) is 3.21. The van der Waals surface area contributed by atoms with E-state index in [1.54, 1.807) is 13.0 Å². The number of rotatable bonds is 6. The Kier molecular flexibility index (Phi) is 6.96. The van der Waals surface area contributed by atoms with Crippen LogP contribution < -0.4 is 0 Å². The third-order valence-corrected chi connectivity index (χ3v) is 7.04. The Labute approximate surface area is 210 Å². The average molecular weight is 485 g/mol. The lowest BCUT2D eigenvalue weighted by Crippen LogP contribution is -2.48. The van der Waals surface area contributed by atoms with E-state index in [9.17, 15) is 14.0 Å². The summed E-state index contributed by atoms with van der Waals surface area (Å²) in [5.41, 5.74) is 3.22. The van der Waals surface area contributed by atoms with Gasteiger partial charge in [-0.15, -0.1) is 0 Å². The minimum atomic E-state index is -0.425. The zero-order valence-corrected chi connectivity index (χ0v) is 20.2. The molecule has 2 aliphatic heterocycles. The summed E-state index contributed by atoms with van der Waals surface area (Å²) in [5.74, 6) is -1.00. The second kappa shape index (κ2) is 10.5. The molecular formula is C30H29FN2O3. The van der Waals surface area contributed by atoms with Gasteiger partial charge in [0, 0.05) is 24.1 Å². The second-order valence-electron chi connectivity index (χ2n) is 9.13. The molecule has 5 nitrogen and oxygen atoms in total. The Hall–Kier alpha value is -3.77. The SMILES string of the molecule is CCOC(=O)/C=C/[C@@H]1[C@@H](Cc2ccccc2)N(C(=O)c2ccccc2)N2CCc3c(F)cccc3[C@@H]12. The summed E-state index contributed by atoms with van der Waals surface area (Å²) < 4.78 is 20.0. The molecule has 5 rings (SSSR count). The molecule has 2 aliphatic rings. The van der Waals surface area contributed by atoms with E-state index in [0.717, 1.165) is 11.1 Å². The summed E-state index contributed by atoms with van der Waals surface area (Å²) in [5, 5.41) is 3.92. The van der Waals surface area contributed by atoms with Crippen molar-refractivity contribution in [3.05, 3.63) is 119 Å². The molecule has 0 saturated carbocycles. The molecule has 1 amide bonds. The van der Waals surface area contributed by atoms with Crippen molar-refractivity contribution in [3.63, 3.8) is 0 Å². The smallest absolute Gasteiger partial charge is 0.330 e. The van der Waals surface area contributed by atoms with E-state index in [1.807, 2.05) is 77.8 Å². The van der Waals surface area contributed by atoms with E-state index in [1.165, 1.54) is 12.1 Å². The van der Waals surface area contributed by atoms with E-state index in [2.05, 4.69) is 5.01 Å². The molecule has 0 unspecified atom stereocenters. The minimum absolute atomic E-state index is 0.103. The highest BCUT2D eigenvalue weighted by atomic mass is 19.1. The Morgan fingerprint density at radius 3 is 2.44 bits per heavy atom. The van der Waals surface area contributed by atoms with Crippen molar-refractivity contribution in [1.29, 1.82) is 0 Å². The van der Waals surface area contributed by atoms with Crippen molar-refractivity contribution < 1.29 is 18.7 Å². The highest BCUT2D eigenvalue weighted by molar-refractivity contribution is 5.94. The van der Waals surface area contributed by atoms with Crippen LogP contribution in [-0.4, -0.2) is 41.1 Å². The highest BCUT2D eigenvalue weighted by Gasteiger charge is 2.51. The molecule has 3 aromatic carbocycles. The molecule has 36 heavy (non-hydrogen) atoms. The first-order valence-electron chi connectivity index (χ1n) is 12.4. The predicted molar refractivity (Wildman–Crippen MR) is 135 cm³/mol. The van der Waals surface area contributed by atoms with Crippen molar-refractivity contribution in [2.75, 3.05) is 13.2 Å². The molecule has 0 radical (unpaired) electrons. The largest absolute Gasteiger partial charge is 0.463 e. The van der Waals surface area contributed by atoms with Crippen LogP contribution in [0.15, 0.2) is 91.0 Å². The Morgan fingerprint density at radius 1 is 1.00 bits per heavy atom. The minimum Gasteiger partial charge on any atom is -0.463 e. The lowest BCUT2D eigenvalue weighted by molar-refractivity contribution is -0.137. The Balaban J connectivity index is 1.63. The van der Waals surface area contributed by atoms with Crippen LogP contribution in [-0.2, 0) is 22.4 Å². The summed E-state index contributed by atoms with van der Waals surface area (Å²) in [6, 6.07) is 23.8. The molecular weight excluding hydrogens is 455 g/mol. The number of halogens is 1. The van der Waals surface area contributed by atoms with Crippen LogP contribution in [0.25, 0.3) is 0 Å². The summed E-state index contributed by atoms with van der Waals surface area (Å²) in [4.78, 5) is 26.3. The van der Waals surface area contributed by atoms with Gasteiger partial charge in [-0.05, 0) is 54.7 Å². The second-order valence-corrected chi connectivity index (χ2v) is 9.13. The van der Waals surface area contributed by atoms with Gasteiger partial charge in [-0.3, -0.25) is 9.80 Å². The standard InChI is InChI=1S/C30H29FN2O3/c1-2-36-28(34)17-16-25-27(20-21-10-5-3-6-11-21)33(30(35)22-12-7-4-8-13-22)32-19-18-23-24(29(25)32)14-9-15-26(23)31/h3-17,25,27,29H,2,18-20H2,1H3/b17-16+/t25-,27-,29+/m1/s1. The van der Waals surface area contributed by atoms with Gasteiger partial charge in [0.15, 0.2) is 0 Å². The Morgan fingerprint density at radius 2 is 1.72 bits per heavy atom. The number of hydrazine groups is 1. The number of fused-ring (bicyclic) bond motifs is 3. The van der Waals surface area contributed by atoms with Crippen LogP contribution in [0.5, 0.6) is 0 Å². The summed E-state index contributed by atoms with van der Waals surface area (Å²) in [7, 11) is 0. The van der Waals surface area contributed by atoms with Crippen LogP contribution in [0.1, 0.15) is 40.0 Å². The first-order chi connectivity index (χ1) is 17.6. The molecule has 0 spiro atoms. The first-order valence-corrected chi connectivity index (χ1v) is 12.4. The van der Waals surface area contributed by atoms with Crippen LogP contribution in [0.3, 0.4) is 0 Å². The van der Waals surface area contributed by atoms with Gasteiger partial charge in [-0.1, -0.05) is 66.7 Å². The van der Waals surface area contributed by atoms with Gasteiger partial charge in [0.2, 0.25) is 0 Å². The number of amides is 1. The van der Waals surface area contributed by atoms with Crippen molar-refractivity contribution in [2.24, 2.45) is 5.92 Å². The molecule has 0 bridgehead atoms. The maximum atomic E-state index is 14.8. The number of hydrogen-bond donors (Lipinski definition) is 0. The van der Waals surface area contributed by atoms with Crippen LogP contribution in [0, 0.1) is 11.7 Å². The van der Waals surface area contributed by atoms with Gasteiger partial charge in [-0.25, -0.2) is 14.2 Å². The fourth-order valence-electron chi connectivity index (χ4n) is 5.53. The highest BCUT2D eigenvalue weighted by Crippen LogP contribution is 2.47. The Bertz CT molecular complexity index is 1260. The number of hydrogen-bond acceptors (Lipinski definition) is 4. The van der Waals surface area contributed by atoms with Crippen LogP contribution in [0.4, 0.5) is 4.39 Å². The molecule has 0 aliphatic carbocycles. The lowest BCUT2D eigenvalue weighted by Gasteiger charge is -2.38. The maximum absolute atomic E-state index is 14.8. The number of carbonyl (C=O) groups excluding carboxylic acids is 2. The number of carbonyl (C=O) groups is 2. The quantitative estimate of drug-likeness (QED) is 0.359. The fourth-order valence-corrected chi connectivity index (χ4v) is 5.53. The third kappa shape index (κ3) is 4.56. The molecule has 1 saturated heterocycles. The van der Waals surface area contributed by atoms with E-state index >= 15 is 0 Å². The van der Waals surface area contributed by atoms with Crippen LogP contribution in [0.2, 0.25) is 0 Å². The molecule has 2 heterocycles. The summed E-state index contributed by atoms with van der Waals surface area (Å²) in [6.45, 7) is 2.55. The van der Waals surface area contributed by atoms with Crippen molar-refractivity contribution in [3.8, 4) is 0 Å². The van der Waals surface area contributed by atoms with Crippen molar-refractivity contribution in [1.82, 2.24) is 10.0 Å². The van der Waals surface area contributed by atoms with E-state index in [-0.39, 0.29) is 36.3 Å². The molecule has 0 N–H and O–H groups in total. The van der Waals surface area contributed by atoms with Crippen molar-refractivity contribution in [2.45, 2.75) is 31.8 Å². The summed E-state index contributed by atoms with van der Waals surface area (Å²) in [6.07, 6.45) is 4.40. The predicted octanol–water partition coefficient (Wildman–Crippen LogP) is 5.14. The monoisotopic (exact) mass is 484 g/mol. The molecule has 3 atom stereocenters. The first kappa shape index (κ1) is 23.9. The van der Waals surface area contributed by atoms with E-state index in [0.29, 0.717) is 30.5 Å². The number of nitrogens with zero attached hydrogens (tertiary/aromatic N) is 2. The van der Waals surface area contributed by atoms with E-state index in [4.69, 9.17) is 4.74 Å². The number of benzene rings is 3. The molecule has 6 heteroatoms. The topological polar surface area (TPSA) is 49.9 Å². The zero-order chi connectivity index (χ0) is 25.1. The number of ether oxygens (including phenoxy) is 1. The van der Waals surface area contributed by atoms with Gasteiger partial charge in [0.05, 0.1) is 18.7 Å². The zero-order valence-electron chi connectivity index (χ0n) is 20.2. The summed E-state index contributed by atoms with van der Waals surface area (Å²) >= 11 is 0. The van der Waals surface area contributed by atoms with Gasteiger partial charge < -0.3 is 4.74 Å².